The SMILES string of the molecule is COc1ccc(C(N)c2ccc(Br)o2)c(Br)c1. The Morgan fingerprint density at radius 1 is 1.24 bits per heavy atom. The van der Waals surface area contributed by atoms with Crippen molar-refractivity contribution in [3.05, 3.63) is 50.8 Å². The van der Waals surface area contributed by atoms with E-state index in [1.54, 1.807) is 7.11 Å². The molecule has 17 heavy (non-hydrogen) atoms. The van der Waals surface area contributed by atoms with E-state index in [1.165, 1.54) is 0 Å². The molecule has 1 heterocycles. The smallest absolute Gasteiger partial charge is 0.169 e. The standard InChI is InChI=1S/C12H11Br2NO2/c1-16-7-2-3-8(9(13)6-7)12(15)10-4-5-11(14)17-10/h2-6,12H,15H2,1H3. The summed E-state index contributed by atoms with van der Waals surface area (Å²) >= 11 is 6.74. The minimum atomic E-state index is -0.304. The van der Waals surface area contributed by atoms with Gasteiger partial charge in [0, 0.05) is 4.47 Å². The maximum atomic E-state index is 6.14. The number of furan rings is 1. The van der Waals surface area contributed by atoms with Crippen LogP contribution in [0.5, 0.6) is 5.75 Å². The zero-order valence-corrected chi connectivity index (χ0v) is 12.3. The molecule has 3 nitrogen and oxygen atoms in total. The van der Waals surface area contributed by atoms with Crippen LogP contribution in [-0.2, 0) is 0 Å². The number of rotatable bonds is 3. The Hall–Kier alpha value is -0.780. The van der Waals surface area contributed by atoms with Gasteiger partial charge in [0.25, 0.3) is 0 Å². The lowest BCUT2D eigenvalue weighted by atomic mass is 10.1. The summed E-state index contributed by atoms with van der Waals surface area (Å²) in [4.78, 5) is 0. The van der Waals surface area contributed by atoms with Crippen molar-refractivity contribution >= 4 is 31.9 Å². The number of halogens is 2. The van der Waals surface area contributed by atoms with Gasteiger partial charge in [-0.25, -0.2) is 0 Å². The topological polar surface area (TPSA) is 48.4 Å². The van der Waals surface area contributed by atoms with Crippen LogP contribution in [-0.4, -0.2) is 7.11 Å². The Kier molecular flexibility index (Phi) is 3.91. The van der Waals surface area contributed by atoms with Crippen LogP contribution in [0.25, 0.3) is 0 Å². The van der Waals surface area contributed by atoms with Gasteiger partial charge in [0.15, 0.2) is 4.67 Å². The number of hydrogen-bond acceptors (Lipinski definition) is 3. The first-order valence-electron chi connectivity index (χ1n) is 4.96. The molecule has 2 aromatic rings. The average molecular weight is 361 g/mol. The second kappa shape index (κ2) is 5.25. The van der Waals surface area contributed by atoms with Gasteiger partial charge in [-0.15, -0.1) is 0 Å². The molecule has 1 unspecified atom stereocenters. The van der Waals surface area contributed by atoms with Crippen LogP contribution in [0.4, 0.5) is 0 Å². The number of nitrogens with two attached hydrogens (primary N) is 1. The molecular weight excluding hydrogens is 350 g/mol. The Morgan fingerprint density at radius 2 is 2.00 bits per heavy atom. The van der Waals surface area contributed by atoms with Crippen molar-refractivity contribution in [2.75, 3.05) is 7.11 Å². The third-order valence-corrected chi connectivity index (χ3v) is 3.56. The molecule has 0 saturated carbocycles. The fourth-order valence-electron chi connectivity index (χ4n) is 1.54. The van der Waals surface area contributed by atoms with Crippen LogP contribution in [0.1, 0.15) is 17.4 Å². The van der Waals surface area contributed by atoms with Gasteiger partial charge < -0.3 is 14.9 Å². The molecule has 0 aliphatic carbocycles. The molecule has 90 valence electrons. The van der Waals surface area contributed by atoms with Crippen molar-refractivity contribution in [3.63, 3.8) is 0 Å². The third kappa shape index (κ3) is 2.73. The Morgan fingerprint density at radius 3 is 2.53 bits per heavy atom. The molecule has 0 aliphatic heterocycles. The Labute approximate surface area is 116 Å². The van der Waals surface area contributed by atoms with E-state index in [0.29, 0.717) is 10.4 Å². The molecule has 0 fully saturated rings. The number of hydrogen-bond donors (Lipinski definition) is 1. The van der Waals surface area contributed by atoms with Gasteiger partial charge in [0.1, 0.15) is 11.5 Å². The van der Waals surface area contributed by atoms with Crippen molar-refractivity contribution < 1.29 is 9.15 Å². The molecule has 5 heteroatoms. The van der Waals surface area contributed by atoms with Gasteiger partial charge in [-0.2, -0.15) is 0 Å². The maximum absolute atomic E-state index is 6.14. The van der Waals surface area contributed by atoms with E-state index in [9.17, 15) is 0 Å². The minimum absolute atomic E-state index is 0.304. The van der Waals surface area contributed by atoms with Gasteiger partial charge in [0.05, 0.1) is 13.2 Å². The van der Waals surface area contributed by atoms with Gasteiger partial charge in [-0.3, -0.25) is 0 Å². The fraction of sp³-hybridized carbons (Fsp3) is 0.167. The first kappa shape index (κ1) is 12.7. The quantitative estimate of drug-likeness (QED) is 0.903. The molecular formula is C12H11Br2NO2. The lowest BCUT2D eigenvalue weighted by Gasteiger charge is -2.12. The number of ether oxygens (including phenoxy) is 1. The van der Waals surface area contributed by atoms with Crippen LogP contribution in [0.15, 0.2) is 43.9 Å². The highest BCUT2D eigenvalue weighted by atomic mass is 79.9. The maximum Gasteiger partial charge on any atom is 0.169 e. The lowest BCUT2D eigenvalue weighted by Crippen LogP contribution is -2.11. The van der Waals surface area contributed by atoms with Crippen molar-refractivity contribution in [1.82, 2.24) is 0 Å². The molecule has 2 N–H and O–H groups in total. The normalized spacial score (nSPS) is 12.5. The fourth-order valence-corrected chi connectivity index (χ4v) is 2.46. The molecule has 0 radical (unpaired) electrons. The first-order valence-corrected chi connectivity index (χ1v) is 6.54. The van der Waals surface area contributed by atoms with Crippen molar-refractivity contribution in [3.8, 4) is 5.75 Å². The summed E-state index contributed by atoms with van der Waals surface area (Å²) < 4.78 is 12.2. The van der Waals surface area contributed by atoms with E-state index in [2.05, 4.69) is 31.9 Å². The first-order chi connectivity index (χ1) is 8.11. The molecule has 0 saturated heterocycles. The van der Waals surface area contributed by atoms with Crippen LogP contribution in [0.2, 0.25) is 0 Å². The van der Waals surface area contributed by atoms with Gasteiger partial charge in [0.2, 0.25) is 0 Å². The molecule has 2 rings (SSSR count). The summed E-state index contributed by atoms with van der Waals surface area (Å²) in [6.45, 7) is 0. The van der Waals surface area contributed by atoms with Crippen molar-refractivity contribution in [1.29, 1.82) is 0 Å². The van der Waals surface area contributed by atoms with Gasteiger partial charge >= 0.3 is 0 Å². The third-order valence-electron chi connectivity index (χ3n) is 2.44. The molecule has 1 atom stereocenters. The summed E-state index contributed by atoms with van der Waals surface area (Å²) in [7, 11) is 1.63. The molecule has 0 bridgehead atoms. The second-order valence-corrected chi connectivity index (χ2v) is 5.14. The largest absolute Gasteiger partial charge is 0.497 e. The summed E-state index contributed by atoms with van der Waals surface area (Å²) in [6, 6.07) is 9.05. The molecule has 0 amide bonds. The molecule has 1 aromatic carbocycles. The Bertz CT molecular complexity index is 525. The van der Waals surface area contributed by atoms with E-state index in [0.717, 1.165) is 15.8 Å². The molecule has 1 aromatic heterocycles. The second-order valence-electron chi connectivity index (χ2n) is 3.51. The van der Waals surface area contributed by atoms with Crippen molar-refractivity contribution in [2.45, 2.75) is 6.04 Å². The van der Waals surface area contributed by atoms with Crippen LogP contribution < -0.4 is 10.5 Å². The highest BCUT2D eigenvalue weighted by Gasteiger charge is 2.16. The van der Waals surface area contributed by atoms with E-state index in [-0.39, 0.29) is 6.04 Å². The van der Waals surface area contributed by atoms with Crippen LogP contribution in [0.3, 0.4) is 0 Å². The van der Waals surface area contributed by atoms with Gasteiger partial charge in [-0.1, -0.05) is 22.0 Å². The van der Waals surface area contributed by atoms with E-state index in [4.69, 9.17) is 14.9 Å². The van der Waals surface area contributed by atoms with Gasteiger partial charge in [-0.05, 0) is 45.8 Å². The summed E-state index contributed by atoms with van der Waals surface area (Å²) in [6.07, 6.45) is 0. The monoisotopic (exact) mass is 359 g/mol. The van der Waals surface area contributed by atoms with E-state index in [1.807, 2.05) is 30.3 Å². The van der Waals surface area contributed by atoms with Crippen LogP contribution in [0, 0.1) is 0 Å². The summed E-state index contributed by atoms with van der Waals surface area (Å²) in [5, 5.41) is 0. The number of methoxy groups -OCH3 is 1. The predicted octanol–water partition coefficient (Wildman–Crippen LogP) is 3.86. The number of benzene rings is 1. The molecule has 0 aliphatic rings. The summed E-state index contributed by atoms with van der Waals surface area (Å²) in [5.41, 5.74) is 7.09. The molecule has 0 spiro atoms. The van der Waals surface area contributed by atoms with Crippen LogP contribution >= 0.6 is 31.9 Å². The van der Waals surface area contributed by atoms with Crippen molar-refractivity contribution in [2.24, 2.45) is 5.73 Å². The van der Waals surface area contributed by atoms with E-state index >= 15 is 0 Å². The zero-order chi connectivity index (χ0) is 12.4. The minimum Gasteiger partial charge on any atom is -0.497 e. The predicted molar refractivity (Wildman–Crippen MR) is 73.1 cm³/mol. The zero-order valence-electron chi connectivity index (χ0n) is 9.11. The van der Waals surface area contributed by atoms with E-state index < -0.39 is 0 Å². The average Bonchev–Trinajstić information content (AvgIpc) is 2.75. The highest BCUT2D eigenvalue weighted by molar-refractivity contribution is 9.10. The lowest BCUT2D eigenvalue weighted by molar-refractivity contribution is 0.414. The summed E-state index contributed by atoms with van der Waals surface area (Å²) in [5.74, 6) is 1.50. The highest BCUT2D eigenvalue weighted by Crippen LogP contribution is 2.31. The Balaban J connectivity index is 2.34.